The Bertz CT molecular complexity index is 380. The van der Waals surface area contributed by atoms with Crippen LogP contribution in [-0.2, 0) is 4.74 Å². The maximum atomic E-state index is 11.4. The van der Waals surface area contributed by atoms with E-state index < -0.39 is 5.97 Å². The van der Waals surface area contributed by atoms with Crippen molar-refractivity contribution < 1.29 is 9.53 Å². The van der Waals surface area contributed by atoms with Crippen molar-refractivity contribution in [3.8, 4) is 0 Å². The quantitative estimate of drug-likeness (QED) is 0.650. The summed E-state index contributed by atoms with van der Waals surface area (Å²) in [6.45, 7) is 6.00. The van der Waals surface area contributed by atoms with E-state index in [1.807, 2.05) is 6.92 Å². The van der Waals surface area contributed by atoms with Gasteiger partial charge in [-0.25, -0.2) is 9.78 Å². The molecule has 1 aromatic heterocycles. The van der Waals surface area contributed by atoms with Gasteiger partial charge in [-0.2, -0.15) is 0 Å². The van der Waals surface area contributed by atoms with Crippen LogP contribution in [0.3, 0.4) is 0 Å². The van der Waals surface area contributed by atoms with Gasteiger partial charge in [-0.15, -0.1) is 19.0 Å². The number of hydrogen-bond donors (Lipinski definition) is 1. The van der Waals surface area contributed by atoms with Crippen LogP contribution in [0.1, 0.15) is 16.1 Å². The smallest absolute Gasteiger partial charge is 0.341 e. The maximum absolute atomic E-state index is 11.4. The van der Waals surface area contributed by atoms with E-state index in [1.165, 1.54) is 7.11 Å². The van der Waals surface area contributed by atoms with Gasteiger partial charge in [0.05, 0.1) is 7.11 Å². The summed E-state index contributed by atoms with van der Waals surface area (Å²) < 4.78 is 4.65. The van der Waals surface area contributed by atoms with Crippen LogP contribution < -0.4 is 5.32 Å². The number of esters is 1. The molecule has 4 nitrogen and oxygen atoms in total. The average molecular weight is 243 g/mol. The standard InChI is InChI=1S/C11H14N2O2.ClH/c1-4-7-12-10-9(11(14)15-3)6-5-8(2)13-10;/h4-6H,1,7H2,2-3H3,(H,12,13);1H. The fourth-order valence-corrected chi connectivity index (χ4v) is 1.13. The molecule has 0 aromatic carbocycles. The average Bonchev–Trinajstić information content (AvgIpc) is 2.25. The van der Waals surface area contributed by atoms with E-state index in [-0.39, 0.29) is 12.4 Å². The fraction of sp³-hybridized carbons (Fsp3) is 0.273. The molecule has 0 saturated heterocycles. The van der Waals surface area contributed by atoms with E-state index in [2.05, 4.69) is 21.6 Å². The minimum atomic E-state index is -0.394. The number of carbonyl (C=O) groups is 1. The van der Waals surface area contributed by atoms with Crippen LogP contribution in [0.25, 0.3) is 0 Å². The Morgan fingerprint density at radius 1 is 1.62 bits per heavy atom. The fourth-order valence-electron chi connectivity index (χ4n) is 1.13. The highest BCUT2D eigenvalue weighted by Gasteiger charge is 2.12. The summed E-state index contributed by atoms with van der Waals surface area (Å²) in [5.41, 5.74) is 1.28. The summed E-state index contributed by atoms with van der Waals surface area (Å²) in [4.78, 5) is 15.6. The van der Waals surface area contributed by atoms with Crippen molar-refractivity contribution >= 4 is 24.2 Å². The van der Waals surface area contributed by atoms with E-state index in [9.17, 15) is 4.79 Å². The molecule has 0 atom stereocenters. The molecule has 0 unspecified atom stereocenters. The van der Waals surface area contributed by atoms with E-state index >= 15 is 0 Å². The summed E-state index contributed by atoms with van der Waals surface area (Å²) in [5, 5.41) is 2.99. The third-order valence-corrected chi connectivity index (χ3v) is 1.85. The van der Waals surface area contributed by atoms with Crippen molar-refractivity contribution in [3.05, 3.63) is 36.0 Å². The summed E-state index contributed by atoms with van der Waals surface area (Å²) in [6.07, 6.45) is 1.70. The Morgan fingerprint density at radius 2 is 2.31 bits per heavy atom. The lowest BCUT2D eigenvalue weighted by Crippen LogP contribution is -2.10. The van der Waals surface area contributed by atoms with Crippen LogP contribution in [0.5, 0.6) is 0 Å². The number of methoxy groups -OCH3 is 1. The van der Waals surface area contributed by atoms with Gasteiger partial charge in [0.2, 0.25) is 0 Å². The first-order valence-corrected chi connectivity index (χ1v) is 4.59. The second kappa shape index (κ2) is 6.85. The highest BCUT2D eigenvalue weighted by Crippen LogP contribution is 2.14. The summed E-state index contributed by atoms with van der Waals surface area (Å²) >= 11 is 0. The number of pyridine rings is 1. The number of nitrogens with one attached hydrogen (secondary N) is 1. The molecule has 0 radical (unpaired) electrons. The number of carbonyl (C=O) groups excluding carboxylic acids is 1. The third kappa shape index (κ3) is 3.55. The van der Waals surface area contributed by atoms with Crippen LogP contribution in [0.2, 0.25) is 0 Å². The van der Waals surface area contributed by atoms with Gasteiger partial charge in [0.15, 0.2) is 0 Å². The van der Waals surface area contributed by atoms with Gasteiger partial charge in [0, 0.05) is 12.2 Å². The predicted molar refractivity (Wildman–Crippen MR) is 66.2 cm³/mol. The number of rotatable bonds is 4. The summed E-state index contributed by atoms with van der Waals surface area (Å²) in [7, 11) is 1.35. The first-order chi connectivity index (χ1) is 7.19. The van der Waals surface area contributed by atoms with E-state index in [4.69, 9.17) is 0 Å². The van der Waals surface area contributed by atoms with Crippen molar-refractivity contribution in [2.75, 3.05) is 19.0 Å². The highest BCUT2D eigenvalue weighted by molar-refractivity contribution is 5.94. The molecule has 0 aliphatic rings. The molecule has 0 aliphatic carbocycles. The molecular weight excluding hydrogens is 228 g/mol. The van der Waals surface area contributed by atoms with Crippen molar-refractivity contribution in [1.29, 1.82) is 0 Å². The van der Waals surface area contributed by atoms with Gasteiger partial charge in [-0.05, 0) is 19.1 Å². The Morgan fingerprint density at radius 3 is 2.88 bits per heavy atom. The molecule has 88 valence electrons. The highest BCUT2D eigenvalue weighted by atomic mass is 35.5. The van der Waals surface area contributed by atoms with Crippen LogP contribution in [0, 0.1) is 6.92 Å². The van der Waals surface area contributed by atoms with Crippen molar-refractivity contribution in [2.24, 2.45) is 0 Å². The Kier molecular flexibility index (Phi) is 6.18. The lowest BCUT2D eigenvalue weighted by atomic mass is 10.2. The van der Waals surface area contributed by atoms with E-state index in [0.29, 0.717) is 17.9 Å². The van der Waals surface area contributed by atoms with Crippen LogP contribution >= 0.6 is 12.4 Å². The monoisotopic (exact) mass is 242 g/mol. The molecule has 0 fully saturated rings. The minimum absolute atomic E-state index is 0. The summed E-state index contributed by atoms with van der Waals surface area (Å²) in [5.74, 6) is 0.135. The van der Waals surface area contributed by atoms with Gasteiger partial charge in [-0.3, -0.25) is 0 Å². The summed E-state index contributed by atoms with van der Waals surface area (Å²) in [6, 6.07) is 3.46. The number of aromatic nitrogens is 1. The predicted octanol–water partition coefficient (Wildman–Crippen LogP) is 2.20. The number of nitrogens with zero attached hydrogens (tertiary/aromatic N) is 1. The lowest BCUT2D eigenvalue weighted by Gasteiger charge is -2.08. The molecule has 0 bridgehead atoms. The van der Waals surface area contributed by atoms with Gasteiger partial charge in [-0.1, -0.05) is 6.08 Å². The zero-order valence-corrected chi connectivity index (χ0v) is 10.1. The second-order valence-electron chi connectivity index (χ2n) is 3.01. The first-order valence-electron chi connectivity index (χ1n) is 4.59. The van der Waals surface area contributed by atoms with Gasteiger partial charge in [0.25, 0.3) is 0 Å². The number of aryl methyl sites for hydroxylation is 1. The Hall–Kier alpha value is -1.55. The second-order valence-corrected chi connectivity index (χ2v) is 3.01. The Labute approximate surface area is 101 Å². The van der Waals surface area contributed by atoms with Crippen molar-refractivity contribution in [2.45, 2.75) is 6.92 Å². The topological polar surface area (TPSA) is 51.2 Å². The molecule has 0 spiro atoms. The maximum Gasteiger partial charge on any atom is 0.341 e. The van der Waals surface area contributed by atoms with Crippen molar-refractivity contribution in [3.63, 3.8) is 0 Å². The largest absolute Gasteiger partial charge is 0.465 e. The molecule has 1 rings (SSSR count). The molecule has 1 heterocycles. The van der Waals surface area contributed by atoms with E-state index in [0.717, 1.165) is 5.69 Å². The number of hydrogen-bond acceptors (Lipinski definition) is 4. The van der Waals surface area contributed by atoms with Gasteiger partial charge in [0.1, 0.15) is 11.4 Å². The molecule has 1 aromatic rings. The molecule has 1 N–H and O–H groups in total. The molecule has 16 heavy (non-hydrogen) atoms. The van der Waals surface area contributed by atoms with Crippen LogP contribution in [-0.4, -0.2) is 24.6 Å². The number of ether oxygens (including phenoxy) is 1. The molecule has 0 amide bonds. The number of halogens is 1. The van der Waals surface area contributed by atoms with Crippen LogP contribution in [0.4, 0.5) is 5.82 Å². The van der Waals surface area contributed by atoms with E-state index in [1.54, 1.807) is 18.2 Å². The first kappa shape index (κ1) is 14.5. The zero-order valence-electron chi connectivity index (χ0n) is 9.32. The third-order valence-electron chi connectivity index (χ3n) is 1.85. The SMILES string of the molecule is C=CCNc1nc(C)ccc1C(=O)OC.Cl. The van der Waals surface area contributed by atoms with Gasteiger partial charge < -0.3 is 10.1 Å². The molecular formula is C11H15ClN2O2. The lowest BCUT2D eigenvalue weighted by molar-refractivity contribution is 0.0601. The zero-order chi connectivity index (χ0) is 11.3. The normalized spacial score (nSPS) is 8.88. The van der Waals surface area contributed by atoms with Crippen molar-refractivity contribution in [1.82, 2.24) is 4.98 Å². The molecule has 0 saturated carbocycles. The molecule has 5 heteroatoms. The molecule has 0 aliphatic heterocycles. The minimum Gasteiger partial charge on any atom is -0.465 e. The Balaban J connectivity index is 0.00000225. The van der Waals surface area contributed by atoms with Crippen LogP contribution in [0.15, 0.2) is 24.8 Å². The number of anilines is 1. The van der Waals surface area contributed by atoms with Gasteiger partial charge >= 0.3 is 5.97 Å².